The molecule has 6 heteroatoms. The molecule has 1 N–H and O–H groups in total. The van der Waals surface area contributed by atoms with Crippen LogP contribution in [0.5, 0.6) is 0 Å². The fourth-order valence-electron chi connectivity index (χ4n) is 0.611. The third kappa shape index (κ3) is 5.11. The summed E-state index contributed by atoms with van der Waals surface area (Å²) in [7, 11) is 0. The molecule has 1 aliphatic heterocycles. The number of rotatable bonds is 2. The molecule has 1 amide bonds. The van der Waals surface area contributed by atoms with Crippen LogP contribution < -0.4 is 5.32 Å². The Balaban J connectivity index is 0. The van der Waals surface area contributed by atoms with Crippen molar-refractivity contribution in [1.29, 1.82) is 0 Å². The average Bonchev–Trinajstić information content (AvgIpc) is 2.35. The Bertz CT molecular complexity index is 195. The predicted molar refractivity (Wildman–Crippen MR) is 39.8 cm³/mol. The Morgan fingerprint density at radius 2 is 2.08 bits per heavy atom. The molecule has 1 aliphatic rings. The van der Waals surface area contributed by atoms with E-state index in [9.17, 15) is 14.4 Å². The first-order valence-electron chi connectivity index (χ1n) is 3.32. The second-order valence-electron chi connectivity index (χ2n) is 1.75. The first-order valence-corrected chi connectivity index (χ1v) is 3.32. The maximum Gasteiger partial charge on any atom is 0.415 e. The fourth-order valence-corrected chi connectivity index (χ4v) is 0.611. The molecule has 0 aromatic heterocycles. The molecular formula is C7H9NO4Y-2. The van der Waals surface area contributed by atoms with Crippen LogP contribution in [0.25, 0.3) is 0 Å². The minimum absolute atomic E-state index is 0. The van der Waals surface area contributed by atoms with Gasteiger partial charge in [0.15, 0.2) is 0 Å². The Morgan fingerprint density at radius 3 is 2.38 bits per heavy atom. The van der Waals surface area contributed by atoms with E-state index in [1.807, 2.05) is 0 Å². The van der Waals surface area contributed by atoms with E-state index >= 15 is 0 Å². The number of esters is 1. The maximum atomic E-state index is 10.5. The average molecular weight is 260 g/mol. The summed E-state index contributed by atoms with van der Waals surface area (Å²) in [6.45, 7) is 5.00. The van der Waals surface area contributed by atoms with Crippen molar-refractivity contribution < 1.29 is 51.8 Å². The molecular weight excluding hydrogens is 251 g/mol. The summed E-state index contributed by atoms with van der Waals surface area (Å²) in [5.74, 6) is -0.714. The summed E-state index contributed by atoms with van der Waals surface area (Å²) < 4.78 is 4.06. The third-order valence-electron chi connectivity index (χ3n) is 1.06. The van der Waals surface area contributed by atoms with Crippen LogP contribution in [-0.2, 0) is 47.0 Å². The fraction of sp³-hybridized carbons (Fsp3) is 0.429. The van der Waals surface area contributed by atoms with Gasteiger partial charge in [0.2, 0.25) is 0 Å². The zero-order valence-corrected chi connectivity index (χ0v) is 10.0. The van der Waals surface area contributed by atoms with E-state index < -0.39 is 18.1 Å². The van der Waals surface area contributed by atoms with Crippen LogP contribution in [0.1, 0.15) is 13.3 Å². The van der Waals surface area contributed by atoms with E-state index in [0.717, 1.165) is 0 Å². The molecule has 1 heterocycles. The standard InChI is InChI=1S/C5H4NO4.C2H5.Y/c7-2-1-3-4(8)10-5(9)6-3;1-2;/h3H,1H2,(H,6,9);1H2,2H3;/q2*-1;. The number of amides is 1. The van der Waals surface area contributed by atoms with E-state index in [4.69, 9.17) is 0 Å². The molecule has 1 unspecified atom stereocenters. The molecule has 0 aromatic carbocycles. The molecule has 13 heavy (non-hydrogen) atoms. The second kappa shape index (κ2) is 8.32. The molecule has 1 saturated heterocycles. The summed E-state index contributed by atoms with van der Waals surface area (Å²) in [6, 6.07) is -0.829. The van der Waals surface area contributed by atoms with Gasteiger partial charge in [0.25, 0.3) is 0 Å². The van der Waals surface area contributed by atoms with Crippen molar-refractivity contribution >= 4 is 18.3 Å². The molecule has 71 valence electrons. The Morgan fingerprint density at radius 1 is 1.54 bits per heavy atom. The smallest absolute Gasteiger partial charge is 0.415 e. The molecule has 0 bridgehead atoms. The van der Waals surface area contributed by atoms with E-state index in [1.165, 1.54) is 6.29 Å². The van der Waals surface area contributed by atoms with Gasteiger partial charge in [0, 0.05) is 32.7 Å². The van der Waals surface area contributed by atoms with Crippen LogP contribution in [0, 0.1) is 6.92 Å². The molecule has 0 aliphatic carbocycles. The van der Waals surface area contributed by atoms with Gasteiger partial charge in [-0.25, -0.2) is 9.59 Å². The Hall–Kier alpha value is -0.286. The van der Waals surface area contributed by atoms with Crippen molar-refractivity contribution in [3.63, 3.8) is 0 Å². The largest absolute Gasteiger partial charge is 0.542 e. The first-order chi connectivity index (χ1) is 5.74. The number of cyclic esters (lactones) is 2. The molecule has 5 nitrogen and oxygen atoms in total. The summed E-state index contributed by atoms with van der Waals surface area (Å²) in [5, 5.41) is 2.13. The number of nitrogens with one attached hydrogen (secondary N) is 1. The Labute approximate surface area is 101 Å². The van der Waals surface area contributed by atoms with Gasteiger partial charge in [0.05, 0.1) is 0 Å². The number of hydrogen-bond donors (Lipinski definition) is 1. The van der Waals surface area contributed by atoms with Crippen molar-refractivity contribution in [3.05, 3.63) is 6.92 Å². The third-order valence-corrected chi connectivity index (χ3v) is 1.06. The van der Waals surface area contributed by atoms with Gasteiger partial charge in [0.1, 0.15) is 6.04 Å². The number of hydrogen-bond acceptors (Lipinski definition) is 4. The minimum Gasteiger partial charge on any atom is -0.542 e. The van der Waals surface area contributed by atoms with Gasteiger partial charge in [-0.15, -0.1) is 6.42 Å². The normalized spacial score (nSPS) is 18.8. The van der Waals surface area contributed by atoms with E-state index in [0.29, 0.717) is 0 Å². The van der Waals surface area contributed by atoms with Crippen LogP contribution in [0.4, 0.5) is 4.79 Å². The number of alkyl carbamates (subject to hydrolysis) is 1. The molecule has 0 saturated carbocycles. The molecule has 0 spiro atoms. The molecule has 1 atom stereocenters. The van der Waals surface area contributed by atoms with Gasteiger partial charge >= 0.3 is 12.1 Å². The maximum absolute atomic E-state index is 10.5. The second-order valence-corrected chi connectivity index (χ2v) is 1.75. The van der Waals surface area contributed by atoms with Crippen LogP contribution in [0.15, 0.2) is 0 Å². The van der Waals surface area contributed by atoms with Crippen LogP contribution >= 0.6 is 0 Å². The van der Waals surface area contributed by atoms with Crippen molar-refractivity contribution in [2.24, 2.45) is 0 Å². The Kier molecular flexibility index (Phi) is 9.72. The molecule has 1 radical (unpaired) electrons. The number of carbonyl (C=O) groups excluding carboxylic acids is 3. The summed E-state index contributed by atoms with van der Waals surface area (Å²) >= 11 is 0. The van der Waals surface area contributed by atoms with Gasteiger partial charge < -0.3 is 21.8 Å². The monoisotopic (exact) mass is 260 g/mol. The van der Waals surface area contributed by atoms with Gasteiger partial charge in [-0.1, -0.05) is 0 Å². The van der Waals surface area contributed by atoms with E-state index in [1.54, 1.807) is 6.92 Å². The summed E-state index contributed by atoms with van der Waals surface area (Å²) in [6.07, 6.45) is 0.546. The van der Waals surface area contributed by atoms with Crippen LogP contribution in [-0.4, -0.2) is 24.4 Å². The zero-order chi connectivity index (χ0) is 9.56. The van der Waals surface area contributed by atoms with Crippen molar-refractivity contribution in [2.45, 2.75) is 19.4 Å². The van der Waals surface area contributed by atoms with Crippen molar-refractivity contribution in [2.75, 3.05) is 0 Å². The van der Waals surface area contributed by atoms with Gasteiger partial charge in [-0.3, -0.25) is 6.29 Å². The molecule has 0 aromatic rings. The zero-order valence-electron chi connectivity index (χ0n) is 7.20. The summed E-state index contributed by atoms with van der Waals surface area (Å²) in [4.78, 5) is 30.5. The quantitative estimate of drug-likeness (QED) is 0.429. The van der Waals surface area contributed by atoms with Crippen LogP contribution in [0.3, 0.4) is 0 Å². The van der Waals surface area contributed by atoms with Crippen LogP contribution in [0.2, 0.25) is 0 Å². The number of carbonyl (C=O) groups is 2. The molecule has 1 fully saturated rings. The molecule has 1 rings (SSSR count). The van der Waals surface area contributed by atoms with Gasteiger partial charge in [-0.2, -0.15) is 6.92 Å². The van der Waals surface area contributed by atoms with Gasteiger partial charge in [-0.05, 0) is 0 Å². The van der Waals surface area contributed by atoms with Crippen molar-refractivity contribution in [3.8, 4) is 0 Å². The first kappa shape index (κ1) is 15.2. The number of ether oxygens (including phenoxy) is 1. The van der Waals surface area contributed by atoms with E-state index in [-0.39, 0.29) is 39.1 Å². The topological polar surface area (TPSA) is 72.5 Å². The minimum atomic E-state index is -0.829. The van der Waals surface area contributed by atoms with Crippen molar-refractivity contribution in [1.82, 2.24) is 5.32 Å². The predicted octanol–water partition coefficient (Wildman–Crippen LogP) is -0.0409. The summed E-state index contributed by atoms with van der Waals surface area (Å²) in [5.41, 5.74) is 0. The SMILES string of the molecule is O=[C-]CC1NC(=O)OC1=O.[CH2-]C.[Y]. The van der Waals surface area contributed by atoms with E-state index in [2.05, 4.69) is 17.0 Å².